The van der Waals surface area contributed by atoms with Crippen LogP contribution in [-0.2, 0) is 18.4 Å². The van der Waals surface area contributed by atoms with E-state index in [4.69, 9.17) is 0 Å². The van der Waals surface area contributed by atoms with E-state index in [9.17, 15) is 4.55 Å². The van der Waals surface area contributed by atoms with Crippen molar-refractivity contribution in [1.29, 1.82) is 0 Å². The molecule has 1 aromatic heterocycles. The number of aryl methyl sites for hydroxylation is 1. The molecule has 1 N–H and O–H groups in total. The van der Waals surface area contributed by atoms with Crippen LogP contribution in [0, 0.1) is 0 Å². The molecule has 0 radical (unpaired) electrons. The molecule has 4 heteroatoms. The summed E-state index contributed by atoms with van der Waals surface area (Å²) < 4.78 is 17.1. The predicted octanol–water partition coefficient (Wildman–Crippen LogP) is 3.29. The maximum Gasteiger partial charge on any atom is 0.136 e. The highest BCUT2D eigenvalue weighted by molar-refractivity contribution is 7.90. The van der Waals surface area contributed by atoms with Crippen LogP contribution in [-0.4, -0.2) is 13.9 Å². The van der Waals surface area contributed by atoms with E-state index < -0.39 is 11.4 Å². The lowest BCUT2D eigenvalue weighted by atomic mass is 10.1. The molecule has 2 atom stereocenters. The van der Waals surface area contributed by atoms with Gasteiger partial charge in [0.2, 0.25) is 0 Å². The van der Waals surface area contributed by atoms with Crippen LogP contribution >= 0.6 is 0 Å². The van der Waals surface area contributed by atoms with Gasteiger partial charge >= 0.3 is 0 Å². The molecule has 0 amide bonds. The Bertz CT molecular complexity index is 571. The van der Waals surface area contributed by atoms with Gasteiger partial charge in [-0.25, -0.2) is 0 Å². The summed E-state index contributed by atoms with van der Waals surface area (Å²) in [6, 6.07) is 8.55. The van der Waals surface area contributed by atoms with Gasteiger partial charge in [0.1, 0.15) is 4.75 Å². The summed E-state index contributed by atoms with van der Waals surface area (Å²) in [6.07, 6.45) is 2.06. The molecule has 0 aliphatic rings. The van der Waals surface area contributed by atoms with Crippen molar-refractivity contribution in [1.82, 2.24) is 9.29 Å². The number of fused-ring (bicyclic) bond motifs is 1. The first-order valence-corrected chi connectivity index (χ1v) is 7.67. The predicted molar refractivity (Wildman–Crippen MR) is 82.4 cm³/mol. The van der Waals surface area contributed by atoms with Gasteiger partial charge in [-0.3, -0.25) is 0 Å². The summed E-state index contributed by atoms with van der Waals surface area (Å²) in [5.41, 5.74) is 2.38. The number of nitrogens with zero attached hydrogens (tertiary/aromatic N) is 1. The average Bonchev–Trinajstić information content (AvgIpc) is 2.69. The van der Waals surface area contributed by atoms with Gasteiger partial charge in [-0.05, 0) is 56.8 Å². The number of benzene rings is 1. The Kier molecular flexibility index (Phi) is 3.95. The zero-order valence-electron chi connectivity index (χ0n) is 12.2. The third-order valence-electron chi connectivity index (χ3n) is 3.25. The zero-order valence-corrected chi connectivity index (χ0v) is 13.0. The lowest BCUT2D eigenvalue weighted by molar-refractivity contribution is 0.531. The van der Waals surface area contributed by atoms with Crippen molar-refractivity contribution in [2.45, 2.75) is 38.5 Å². The molecule has 0 unspecified atom stereocenters. The minimum absolute atomic E-state index is 0.0738. The maximum absolute atomic E-state index is 12.1. The largest absolute Gasteiger partial charge is 0.598 e. The van der Waals surface area contributed by atoms with Crippen LogP contribution in [0.3, 0.4) is 0 Å². The highest BCUT2D eigenvalue weighted by atomic mass is 32.2. The monoisotopic (exact) mass is 278 g/mol. The van der Waals surface area contributed by atoms with Crippen LogP contribution in [0.5, 0.6) is 0 Å². The highest BCUT2D eigenvalue weighted by Gasteiger charge is 2.28. The van der Waals surface area contributed by atoms with Gasteiger partial charge in [0.25, 0.3) is 0 Å². The Morgan fingerprint density at radius 3 is 2.58 bits per heavy atom. The lowest BCUT2D eigenvalue weighted by Gasteiger charge is -2.26. The molecule has 0 fully saturated rings. The highest BCUT2D eigenvalue weighted by Crippen LogP contribution is 2.23. The molecule has 3 nitrogen and oxygen atoms in total. The third-order valence-corrected chi connectivity index (χ3v) is 4.93. The fourth-order valence-corrected chi connectivity index (χ4v) is 2.79. The Hall–Kier alpha value is -0.970. The van der Waals surface area contributed by atoms with Crippen molar-refractivity contribution in [2.75, 3.05) is 0 Å². The first kappa shape index (κ1) is 14.4. The Morgan fingerprint density at radius 1 is 1.26 bits per heavy atom. The quantitative estimate of drug-likeness (QED) is 0.875. The van der Waals surface area contributed by atoms with Gasteiger partial charge in [-0.2, -0.15) is 0 Å². The van der Waals surface area contributed by atoms with E-state index in [0.717, 1.165) is 5.56 Å². The summed E-state index contributed by atoms with van der Waals surface area (Å²) in [4.78, 5) is 0. The van der Waals surface area contributed by atoms with Crippen molar-refractivity contribution in [3.63, 3.8) is 0 Å². The van der Waals surface area contributed by atoms with Crippen LogP contribution < -0.4 is 4.72 Å². The second-order valence-electron chi connectivity index (χ2n) is 5.97. The van der Waals surface area contributed by atoms with Gasteiger partial charge in [0, 0.05) is 30.1 Å². The fourth-order valence-electron chi connectivity index (χ4n) is 1.97. The van der Waals surface area contributed by atoms with Gasteiger partial charge in [0.15, 0.2) is 0 Å². The molecule has 1 aromatic carbocycles. The zero-order chi connectivity index (χ0) is 14.2. The van der Waals surface area contributed by atoms with Crippen molar-refractivity contribution in [3.8, 4) is 0 Å². The van der Waals surface area contributed by atoms with Crippen LogP contribution in [0.1, 0.15) is 39.3 Å². The second-order valence-corrected chi connectivity index (χ2v) is 7.96. The Balaban J connectivity index is 2.19. The molecule has 2 rings (SSSR count). The smallest absolute Gasteiger partial charge is 0.136 e. The van der Waals surface area contributed by atoms with Crippen LogP contribution in [0.15, 0.2) is 30.5 Å². The van der Waals surface area contributed by atoms with E-state index in [1.54, 1.807) is 0 Å². The molecule has 0 saturated carbocycles. The molecule has 19 heavy (non-hydrogen) atoms. The molecule has 1 heterocycles. The molecular weight excluding hydrogens is 256 g/mol. The minimum atomic E-state index is -1.05. The number of hydrogen-bond donors (Lipinski definition) is 1. The van der Waals surface area contributed by atoms with E-state index in [1.807, 2.05) is 34.7 Å². The van der Waals surface area contributed by atoms with Crippen LogP contribution in [0.2, 0.25) is 0 Å². The van der Waals surface area contributed by atoms with Crippen molar-refractivity contribution in [3.05, 3.63) is 36.0 Å². The molecule has 0 bridgehead atoms. The number of aromatic nitrogens is 1. The summed E-state index contributed by atoms with van der Waals surface area (Å²) in [7, 11) is 2.04. The third kappa shape index (κ3) is 3.14. The van der Waals surface area contributed by atoms with Crippen molar-refractivity contribution >= 4 is 22.3 Å². The van der Waals surface area contributed by atoms with E-state index in [0.29, 0.717) is 0 Å². The average molecular weight is 278 g/mol. The summed E-state index contributed by atoms with van der Waals surface area (Å²) in [6.45, 7) is 7.98. The number of hydrogen-bond acceptors (Lipinski definition) is 2. The van der Waals surface area contributed by atoms with E-state index in [1.165, 1.54) is 10.9 Å². The molecular formula is C15H22N2OS. The molecule has 0 aliphatic heterocycles. The normalized spacial score (nSPS) is 15.7. The maximum atomic E-state index is 12.1. The van der Waals surface area contributed by atoms with Crippen LogP contribution in [0.4, 0.5) is 0 Å². The number of rotatable bonds is 3. The Morgan fingerprint density at radius 2 is 1.95 bits per heavy atom. The van der Waals surface area contributed by atoms with Gasteiger partial charge < -0.3 is 9.12 Å². The number of nitrogens with one attached hydrogen (secondary N) is 1. The summed E-state index contributed by atoms with van der Waals surface area (Å²) in [5.74, 6) is 0. The van der Waals surface area contributed by atoms with E-state index in [-0.39, 0.29) is 10.8 Å². The molecule has 2 aromatic rings. The second kappa shape index (κ2) is 5.19. The Labute approximate surface area is 118 Å². The van der Waals surface area contributed by atoms with Gasteiger partial charge in [0.05, 0.1) is 6.04 Å². The molecule has 0 aliphatic carbocycles. The van der Waals surface area contributed by atoms with Gasteiger partial charge in [-0.15, -0.1) is 4.72 Å². The molecule has 104 valence electrons. The first-order chi connectivity index (χ1) is 8.79. The molecule has 0 saturated heterocycles. The first-order valence-electron chi connectivity index (χ1n) is 6.52. The van der Waals surface area contributed by atoms with E-state index in [2.05, 4.69) is 39.8 Å². The topological polar surface area (TPSA) is 40.0 Å². The van der Waals surface area contributed by atoms with Crippen LogP contribution in [0.25, 0.3) is 10.9 Å². The minimum Gasteiger partial charge on any atom is -0.598 e. The summed E-state index contributed by atoms with van der Waals surface area (Å²) in [5, 5.41) is 1.22. The lowest BCUT2D eigenvalue weighted by Crippen LogP contribution is -2.40. The molecule has 0 spiro atoms. The van der Waals surface area contributed by atoms with Crippen molar-refractivity contribution in [2.24, 2.45) is 7.05 Å². The van der Waals surface area contributed by atoms with E-state index >= 15 is 0 Å². The SMILES string of the molecule is C[C@H](N[S@+]([O-])C(C)(C)C)c1ccc2c(ccn2C)c1. The van der Waals surface area contributed by atoms with Crippen molar-refractivity contribution < 1.29 is 4.55 Å². The fraction of sp³-hybridized carbons (Fsp3) is 0.467. The standard InChI is InChI=1S/C15H22N2OS/c1-11(16-19(18)15(2,3)4)12-6-7-14-13(10-12)8-9-17(14)5/h6-11,16H,1-5H3/t11-,19+/m0/s1. The summed E-state index contributed by atoms with van der Waals surface area (Å²) >= 11 is -1.05. The van der Waals surface area contributed by atoms with Gasteiger partial charge in [-0.1, -0.05) is 6.07 Å².